The predicted molar refractivity (Wildman–Crippen MR) is 94.5 cm³/mol. The van der Waals surface area contributed by atoms with Crippen molar-refractivity contribution in [3.05, 3.63) is 41.8 Å². The minimum absolute atomic E-state index is 0.389. The molecular formula is C19H23N5O. The fraction of sp³-hybridized carbons (Fsp3) is 0.526. The fourth-order valence-corrected chi connectivity index (χ4v) is 3.83. The number of aryl methyl sites for hydroxylation is 1. The number of fused-ring (bicyclic) bond motifs is 1. The molecule has 0 radical (unpaired) electrons. The van der Waals surface area contributed by atoms with Crippen LogP contribution >= 0.6 is 0 Å². The van der Waals surface area contributed by atoms with E-state index in [4.69, 9.17) is 9.51 Å². The highest BCUT2D eigenvalue weighted by Crippen LogP contribution is 2.39. The number of nitrogens with zero attached hydrogens (tertiary/aromatic N) is 5. The van der Waals surface area contributed by atoms with Crippen molar-refractivity contribution in [2.24, 2.45) is 7.05 Å². The predicted octanol–water partition coefficient (Wildman–Crippen LogP) is 2.87. The molecule has 2 aromatic heterocycles. The summed E-state index contributed by atoms with van der Waals surface area (Å²) >= 11 is 0. The van der Waals surface area contributed by atoms with Crippen LogP contribution in [-0.2, 0) is 13.5 Å². The van der Waals surface area contributed by atoms with E-state index in [1.807, 2.05) is 6.07 Å². The topological polar surface area (TPSA) is 60.0 Å². The Morgan fingerprint density at radius 2 is 2.00 bits per heavy atom. The van der Waals surface area contributed by atoms with Crippen molar-refractivity contribution in [1.29, 1.82) is 0 Å². The van der Waals surface area contributed by atoms with Crippen molar-refractivity contribution in [2.45, 2.75) is 37.5 Å². The van der Waals surface area contributed by atoms with Gasteiger partial charge in [-0.1, -0.05) is 17.3 Å². The van der Waals surface area contributed by atoms with Crippen molar-refractivity contribution < 1.29 is 4.52 Å². The number of hydrogen-bond donors (Lipinski definition) is 0. The standard InChI is InChI=1S/C19H23N5O/c1-23-16-5-3-2-4-15(16)20-17(23)9-11-24-10-8-14(12-24)19-21-18(22-25-19)13-6-7-13/h2-5,13-14H,6-12H2,1H3. The first-order valence-electron chi connectivity index (χ1n) is 9.24. The van der Waals surface area contributed by atoms with E-state index in [0.717, 1.165) is 55.5 Å². The average molecular weight is 337 g/mol. The lowest BCUT2D eigenvalue weighted by atomic mass is 10.1. The third-order valence-corrected chi connectivity index (χ3v) is 5.55. The summed E-state index contributed by atoms with van der Waals surface area (Å²) in [6.45, 7) is 3.13. The van der Waals surface area contributed by atoms with Crippen LogP contribution in [0.25, 0.3) is 11.0 Å². The molecule has 2 aliphatic rings. The lowest BCUT2D eigenvalue weighted by Crippen LogP contribution is -2.24. The third kappa shape index (κ3) is 2.84. The summed E-state index contributed by atoms with van der Waals surface area (Å²) in [5, 5.41) is 4.16. The van der Waals surface area contributed by atoms with Crippen molar-refractivity contribution in [2.75, 3.05) is 19.6 Å². The van der Waals surface area contributed by atoms with E-state index in [1.54, 1.807) is 0 Å². The van der Waals surface area contributed by atoms with E-state index < -0.39 is 0 Å². The molecule has 2 fully saturated rings. The van der Waals surface area contributed by atoms with Gasteiger partial charge in [-0.05, 0) is 37.9 Å². The molecule has 1 aliphatic carbocycles. The SMILES string of the molecule is Cn1c(CCN2CCC(c3nc(C4CC4)no3)C2)nc2ccccc21. The number of likely N-dealkylation sites (tertiary alicyclic amines) is 1. The molecule has 6 heteroatoms. The van der Waals surface area contributed by atoms with Crippen molar-refractivity contribution >= 4 is 11.0 Å². The lowest BCUT2D eigenvalue weighted by Gasteiger charge is -2.14. The van der Waals surface area contributed by atoms with Crippen LogP contribution in [0.1, 0.15) is 48.6 Å². The van der Waals surface area contributed by atoms with Crippen LogP contribution in [0.5, 0.6) is 0 Å². The molecule has 1 atom stereocenters. The zero-order chi connectivity index (χ0) is 16.8. The van der Waals surface area contributed by atoms with Crippen LogP contribution in [0, 0.1) is 0 Å². The molecule has 5 rings (SSSR count). The average Bonchev–Trinajstić information content (AvgIpc) is 3.07. The summed E-state index contributed by atoms with van der Waals surface area (Å²) in [5.41, 5.74) is 2.29. The molecule has 0 spiro atoms. The highest BCUT2D eigenvalue weighted by atomic mass is 16.5. The van der Waals surface area contributed by atoms with E-state index >= 15 is 0 Å². The second kappa shape index (κ2) is 5.95. The highest BCUT2D eigenvalue weighted by Gasteiger charge is 2.32. The number of aromatic nitrogens is 4. The zero-order valence-corrected chi connectivity index (χ0v) is 14.6. The quantitative estimate of drug-likeness (QED) is 0.716. The zero-order valence-electron chi connectivity index (χ0n) is 14.6. The second-order valence-electron chi connectivity index (χ2n) is 7.38. The van der Waals surface area contributed by atoms with Crippen LogP contribution in [0.15, 0.2) is 28.8 Å². The van der Waals surface area contributed by atoms with Gasteiger partial charge >= 0.3 is 0 Å². The molecular weight excluding hydrogens is 314 g/mol. The van der Waals surface area contributed by atoms with E-state index in [0.29, 0.717) is 11.8 Å². The van der Waals surface area contributed by atoms with Crippen molar-refractivity contribution in [3.8, 4) is 0 Å². The van der Waals surface area contributed by atoms with E-state index in [9.17, 15) is 0 Å². The highest BCUT2D eigenvalue weighted by molar-refractivity contribution is 5.75. The molecule has 1 aliphatic heterocycles. The van der Waals surface area contributed by atoms with Crippen LogP contribution in [-0.4, -0.2) is 44.2 Å². The molecule has 1 aromatic carbocycles. The first-order chi connectivity index (χ1) is 12.3. The minimum atomic E-state index is 0.389. The Kier molecular flexibility index (Phi) is 3.59. The van der Waals surface area contributed by atoms with Gasteiger partial charge in [-0.25, -0.2) is 4.98 Å². The molecule has 1 saturated carbocycles. The number of imidazole rings is 1. The number of para-hydroxylation sites is 2. The summed E-state index contributed by atoms with van der Waals surface area (Å²) in [6.07, 6.45) is 4.51. The van der Waals surface area contributed by atoms with Gasteiger partial charge in [0.25, 0.3) is 0 Å². The molecule has 1 saturated heterocycles. The van der Waals surface area contributed by atoms with Crippen molar-refractivity contribution in [3.63, 3.8) is 0 Å². The van der Waals surface area contributed by atoms with Gasteiger partial charge in [-0.15, -0.1) is 0 Å². The van der Waals surface area contributed by atoms with E-state index in [2.05, 4.69) is 44.9 Å². The van der Waals surface area contributed by atoms with Crippen LogP contribution in [0.3, 0.4) is 0 Å². The summed E-state index contributed by atoms with van der Waals surface area (Å²) < 4.78 is 7.73. The van der Waals surface area contributed by atoms with Gasteiger partial charge in [0.05, 0.1) is 17.0 Å². The Balaban J connectivity index is 1.22. The Morgan fingerprint density at radius 1 is 1.12 bits per heavy atom. The normalized spacial score (nSPS) is 21.4. The summed E-state index contributed by atoms with van der Waals surface area (Å²) in [6, 6.07) is 8.33. The van der Waals surface area contributed by atoms with E-state index in [-0.39, 0.29) is 0 Å². The maximum absolute atomic E-state index is 5.52. The number of benzene rings is 1. The Hall–Kier alpha value is -2.21. The molecule has 1 unspecified atom stereocenters. The Bertz CT molecular complexity index is 894. The summed E-state index contributed by atoms with van der Waals surface area (Å²) in [4.78, 5) is 11.9. The van der Waals surface area contributed by atoms with Gasteiger partial charge in [-0.3, -0.25) is 0 Å². The number of hydrogen-bond acceptors (Lipinski definition) is 5. The molecule has 3 heterocycles. The lowest BCUT2D eigenvalue weighted by molar-refractivity contribution is 0.314. The molecule has 3 aromatic rings. The van der Waals surface area contributed by atoms with Gasteiger partial charge in [0.1, 0.15) is 5.82 Å². The van der Waals surface area contributed by atoms with Gasteiger partial charge in [-0.2, -0.15) is 4.98 Å². The smallest absolute Gasteiger partial charge is 0.231 e. The number of rotatable bonds is 5. The molecule has 130 valence electrons. The largest absolute Gasteiger partial charge is 0.339 e. The Morgan fingerprint density at radius 3 is 2.84 bits per heavy atom. The van der Waals surface area contributed by atoms with Gasteiger partial charge in [0.2, 0.25) is 5.89 Å². The second-order valence-corrected chi connectivity index (χ2v) is 7.38. The third-order valence-electron chi connectivity index (χ3n) is 5.55. The van der Waals surface area contributed by atoms with Crippen LogP contribution in [0.4, 0.5) is 0 Å². The van der Waals surface area contributed by atoms with Crippen LogP contribution in [0.2, 0.25) is 0 Å². The minimum Gasteiger partial charge on any atom is -0.339 e. The van der Waals surface area contributed by atoms with Gasteiger partial charge in [0.15, 0.2) is 5.82 Å². The summed E-state index contributed by atoms with van der Waals surface area (Å²) in [7, 11) is 2.11. The van der Waals surface area contributed by atoms with Gasteiger partial charge in [0, 0.05) is 32.5 Å². The molecule has 6 nitrogen and oxygen atoms in total. The summed E-state index contributed by atoms with van der Waals surface area (Å²) in [5.74, 6) is 3.87. The molecule has 0 amide bonds. The first kappa shape index (κ1) is 15.1. The Labute approximate surface area is 146 Å². The van der Waals surface area contributed by atoms with Gasteiger partial charge < -0.3 is 14.0 Å². The van der Waals surface area contributed by atoms with E-state index in [1.165, 1.54) is 18.4 Å². The maximum Gasteiger partial charge on any atom is 0.231 e. The molecule has 0 bridgehead atoms. The van der Waals surface area contributed by atoms with Crippen LogP contribution < -0.4 is 0 Å². The molecule has 0 N–H and O–H groups in total. The maximum atomic E-state index is 5.52. The monoisotopic (exact) mass is 337 g/mol. The van der Waals surface area contributed by atoms with Crippen molar-refractivity contribution in [1.82, 2.24) is 24.6 Å². The fourth-order valence-electron chi connectivity index (χ4n) is 3.83. The first-order valence-corrected chi connectivity index (χ1v) is 9.24. The molecule has 25 heavy (non-hydrogen) atoms.